The van der Waals surface area contributed by atoms with Crippen LogP contribution in [0.1, 0.15) is 12.0 Å². The lowest BCUT2D eigenvalue weighted by Crippen LogP contribution is -2.24. The van der Waals surface area contributed by atoms with Gasteiger partial charge in [0.2, 0.25) is 11.8 Å². The molecule has 0 aromatic heterocycles. The Kier molecular flexibility index (Phi) is 7.31. The van der Waals surface area contributed by atoms with E-state index >= 15 is 0 Å². The number of hydrogen-bond donors (Lipinski definition) is 2. The van der Waals surface area contributed by atoms with E-state index in [0.717, 1.165) is 10.5 Å². The number of hydrogen-bond acceptors (Lipinski definition) is 4. The maximum absolute atomic E-state index is 11.8. The highest BCUT2D eigenvalue weighted by molar-refractivity contribution is 7.98. The summed E-state index contributed by atoms with van der Waals surface area (Å²) in [5, 5.41) is 7.10. The number of amides is 2. The molecule has 0 saturated heterocycles. The number of benzene rings is 2. The molecular weight excluding hydrogens is 381 g/mol. The van der Waals surface area contributed by atoms with Crippen LogP contribution in [0.3, 0.4) is 0 Å². The van der Waals surface area contributed by atoms with Crippen molar-refractivity contribution in [3.63, 3.8) is 0 Å². The molecule has 0 radical (unpaired) electrons. The van der Waals surface area contributed by atoms with Crippen LogP contribution in [0.2, 0.25) is 10.0 Å². The maximum Gasteiger partial charge on any atom is 0.249 e. The second kappa shape index (κ2) is 9.46. The lowest BCUT2D eigenvalue weighted by Gasteiger charge is -2.05. The first-order valence-corrected chi connectivity index (χ1v) is 9.17. The van der Waals surface area contributed by atoms with Gasteiger partial charge in [0.15, 0.2) is 0 Å². The van der Waals surface area contributed by atoms with Crippen LogP contribution >= 0.6 is 35.0 Å². The molecule has 130 valence electrons. The Labute approximate surface area is 159 Å². The Morgan fingerprint density at radius 1 is 1.08 bits per heavy atom. The summed E-state index contributed by atoms with van der Waals surface area (Å²) < 4.78 is 0. The van der Waals surface area contributed by atoms with E-state index < -0.39 is 11.8 Å². The first-order valence-electron chi connectivity index (χ1n) is 7.19. The predicted octanol–water partition coefficient (Wildman–Crippen LogP) is 4.19. The number of rotatable bonds is 6. The molecule has 0 aliphatic heterocycles. The lowest BCUT2D eigenvalue weighted by atomic mass is 10.2. The third-order valence-electron chi connectivity index (χ3n) is 3.04. The Morgan fingerprint density at radius 3 is 2.44 bits per heavy atom. The standard InChI is InChI=1S/C17H15Cl2N3O2S/c1-25-13-5-2-11(3-6-13)10-20-22-17(24)9-16(23)21-12-4-7-14(18)15(19)8-12/h2-8,10H,9H2,1H3,(H,21,23)(H,22,24). The third-order valence-corrected chi connectivity index (χ3v) is 4.53. The zero-order chi connectivity index (χ0) is 18.2. The van der Waals surface area contributed by atoms with Crippen LogP contribution in [-0.4, -0.2) is 24.3 Å². The summed E-state index contributed by atoms with van der Waals surface area (Å²) >= 11 is 13.3. The van der Waals surface area contributed by atoms with Gasteiger partial charge >= 0.3 is 0 Å². The Balaban J connectivity index is 1.81. The van der Waals surface area contributed by atoms with E-state index in [9.17, 15) is 9.59 Å². The molecule has 8 heteroatoms. The van der Waals surface area contributed by atoms with Crippen molar-refractivity contribution in [1.29, 1.82) is 0 Å². The molecule has 0 spiro atoms. The number of carbonyl (C=O) groups excluding carboxylic acids is 2. The van der Waals surface area contributed by atoms with Gasteiger partial charge in [0.05, 0.1) is 16.3 Å². The van der Waals surface area contributed by atoms with Gasteiger partial charge in [-0.2, -0.15) is 5.10 Å². The molecule has 2 N–H and O–H groups in total. The Bertz CT molecular complexity index is 795. The number of hydrazone groups is 1. The van der Waals surface area contributed by atoms with Crippen molar-refractivity contribution in [3.05, 3.63) is 58.1 Å². The molecule has 2 aromatic carbocycles. The zero-order valence-corrected chi connectivity index (χ0v) is 15.6. The van der Waals surface area contributed by atoms with Crippen LogP contribution in [0, 0.1) is 0 Å². The van der Waals surface area contributed by atoms with Gasteiger partial charge in [-0.15, -0.1) is 11.8 Å². The maximum atomic E-state index is 11.8. The molecular formula is C17H15Cl2N3O2S. The average Bonchev–Trinajstić information content (AvgIpc) is 2.58. The highest BCUT2D eigenvalue weighted by atomic mass is 35.5. The highest BCUT2D eigenvalue weighted by Crippen LogP contribution is 2.25. The van der Waals surface area contributed by atoms with Crippen LogP contribution in [0.5, 0.6) is 0 Å². The summed E-state index contributed by atoms with van der Waals surface area (Å²) in [4.78, 5) is 24.7. The quantitative estimate of drug-likeness (QED) is 0.333. The lowest BCUT2D eigenvalue weighted by molar-refractivity contribution is -0.126. The van der Waals surface area contributed by atoms with Gasteiger partial charge in [0, 0.05) is 10.6 Å². The fourth-order valence-corrected chi connectivity index (χ4v) is 2.54. The number of thioether (sulfide) groups is 1. The molecule has 2 rings (SSSR count). The minimum absolute atomic E-state index is 0.320. The summed E-state index contributed by atoms with van der Waals surface area (Å²) in [6, 6.07) is 12.4. The van der Waals surface area contributed by atoms with Crippen molar-refractivity contribution in [2.45, 2.75) is 11.3 Å². The first kappa shape index (κ1) is 19.3. The first-order chi connectivity index (χ1) is 12.0. The van der Waals surface area contributed by atoms with Crippen molar-refractivity contribution in [2.75, 3.05) is 11.6 Å². The number of carbonyl (C=O) groups is 2. The van der Waals surface area contributed by atoms with Crippen molar-refractivity contribution in [3.8, 4) is 0 Å². The van der Waals surface area contributed by atoms with Crippen LogP contribution in [0.25, 0.3) is 0 Å². The highest BCUT2D eigenvalue weighted by Gasteiger charge is 2.09. The van der Waals surface area contributed by atoms with E-state index in [1.54, 1.807) is 23.9 Å². The van der Waals surface area contributed by atoms with Gasteiger partial charge in [0.1, 0.15) is 6.42 Å². The van der Waals surface area contributed by atoms with E-state index in [4.69, 9.17) is 23.2 Å². The molecule has 2 amide bonds. The molecule has 0 aliphatic rings. The summed E-state index contributed by atoms with van der Waals surface area (Å²) in [6.45, 7) is 0. The van der Waals surface area contributed by atoms with Crippen LogP contribution < -0.4 is 10.7 Å². The van der Waals surface area contributed by atoms with Crippen molar-refractivity contribution < 1.29 is 9.59 Å². The zero-order valence-electron chi connectivity index (χ0n) is 13.3. The van der Waals surface area contributed by atoms with E-state index in [1.165, 1.54) is 12.3 Å². The number of anilines is 1. The van der Waals surface area contributed by atoms with Crippen molar-refractivity contribution >= 4 is 58.7 Å². The van der Waals surface area contributed by atoms with Crippen LogP contribution in [0.15, 0.2) is 52.5 Å². The second-order valence-corrected chi connectivity index (χ2v) is 6.61. The SMILES string of the molecule is CSc1ccc(C=NNC(=O)CC(=O)Nc2ccc(Cl)c(Cl)c2)cc1. The monoisotopic (exact) mass is 395 g/mol. The number of nitrogens with one attached hydrogen (secondary N) is 2. The van der Waals surface area contributed by atoms with Crippen LogP contribution in [0.4, 0.5) is 5.69 Å². The molecule has 0 saturated carbocycles. The molecule has 2 aromatic rings. The summed E-state index contributed by atoms with van der Waals surface area (Å²) in [5.41, 5.74) is 3.62. The van der Waals surface area contributed by atoms with E-state index in [0.29, 0.717) is 15.7 Å². The molecule has 5 nitrogen and oxygen atoms in total. The summed E-state index contributed by atoms with van der Waals surface area (Å²) in [7, 11) is 0. The minimum atomic E-state index is -0.519. The van der Waals surface area contributed by atoms with E-state index in [1.807, 2.05) is 30.5 Å². The normalized spacial score (nSPS) is 10.7. The summed E-state index contributed by atoms with van der Waals surface area (Å²) in [6.07, 6.45) is 3.15. The molecule has 0 unspecified atom stereocenters. The average molecular weight is 396 g/mol. The van der Waals surface area contributed by atoms with Gasteiger partial charge in [-0.05, 0) is 42.2 Å². The molecule has 0 fully saturated rings. The largest absolute Gasteiger partial charge is 0.326 e. The molecule has 0 aliphatic carbocycles. The number of halogens is 2. The molecule has 0 bridgehead atoms. The summed E-state index contributed by atoms with van der Waals surface area (Å²) in [5.74, 6) is -0.995. The number of nitrogens with zero attached hydrogens (tertiary/aromatic N) is 1. The van der Waals surface area contributed by atoms with E-state index in [2.05, 4.69) is 15.8 Å². The topological polar surface area (TPSA) is 70.6 Å². The Morgan fingerprint density at radius 2 is 1.80 bits per heavy atom. The van der Waals surface area contributed by atoms with Crippen LogP contribution in [-0.2, 0) is 9.59 Å². The molecule has 0 heterocycles. The predicted molar refractivity (Wildman–Crippen MR) is 104 cm³/mol. The fourth-order valence-electron chi connectivity index (χ4n) is 1.83. The van der Waals surface area contributed by atoms with Gasteiger partial charge < -0.3 is 5.32 Å². The van der Waals surface area contributed by atoms with Crippen molar-refractivity contribution in [2.24, 2.45) is 5.10 Å². The minimum Gasteiger partial charge on any atom is -0.326 e. The van der Waals surface area contributed by atoms with Crippen molar-refractivity contribution in [1.82, 2.24) is 5.43 Å². The van der Waals surface area contributed by atoms with Gasteiger partial charge in [0.25, 0.3) is 0 Å². The van der Waals surface area contributed by atoms with Gasteiger partial charge in [-0.1, -0.05) is 35.3 Å². The van der Waals surface area contributed by atoms with Gasteiger partial charge in [-0.3, -0.25) is 9.59 Å². The third kappa shape index (κ3) is 6.42. The molecule has 0 atom stereocenters. The molecule has 25 heavy (non-hydrogen) atoms. The Hall–Kier alpha value is -2.02. The second-order valence-electron chi connectivity index (χ2n) is 4.92. The van der Waals surface area contributed by atoms with E-state index in [-0.39, 0.29) is 6.42 Å². The smallest absolute Gasteiger partial charge is 0.249 e. The van der Waals surface area contributed by atoms with Gasteiger partial charge in [-0.25, -0.2) is 5.43 Å². The fraction of sp³-hybridized carbons (Fsp3) is 0.118.